The van der Waals surface area contributed by atoms with Crippen LogP contribution in [0.3, 0.4) is 0 Å². The number of hydrogen-bond acceptors (Lipinski definition) is 2. The van der Waals surface area contributed by atoms with Crippen LogP contribution < -0.4 is 0 Å². The Hall–Kier alpha value is -0.0800. The Bertz CT molecular complexity index is 174. The number of aliphatic hydroxyl groups is 1. The zero-order valence-corrected chi connectivity index (χ0v) is 12.1. The lowest BCUT2D eigenvalue weighted by Crippen LogP contribution is -2.44. The summed E-state index contributed by atoms with van der Waals surface area (Å²) in [7, 11) is 0. The molecule has 0 heterocycles. The van der Waals surface area contributed by atoms with Crippen molar-refractivity contribution in [2.75, 3.05) is 19.7 Å². The summed E-state index contributed by atoms with van der Waals surface area (Å²) in [6, 6.07) is 0.660. The molecule has 0 fully saturated rings. The van der Waals surface area contributed by atoms with Crippen LogP contribution in [-0.4, -0.2) is 35.7 Å². The van der Waals surface area contributed by atoms with Gasteiger partial charge in [-0.05, 0) is 18.8 Å². The van der Waals surface area contributed by atoms with Crippen molar-refractivity contribution in [2.24, 2.45) is 11.3 Å². The molecule has 0 aromatic heterocycles. The van der Waals surface area contributed by atoms with Gasteiger partial charge in [-0.2, -0.15) is 0 Å². The van der Waals surface area contributed by atoms with Crippen molar-refractivity contribution in [3.05, 3.63) is 0 Å². The third kappa shape index (κ3) is 5.86. The summed E-state index contributed by atoms with van der Waals surface area (Å²) in [5, 5.41) is 9.38. The molecule has 0 saturated carbocycles. The third-order valence-electron chi connectivity index (χ3n) is 3.12. The van der Waals surface area contributed by atoms with Crippen LogP contribution in [0, 0.1) is 11.3 Å². The fourth-order valence-electron chi connectivity index (χ4n) is 2.22. The molecule has 0 unspecified atom stereocenters. The predicted octanol–water partition coefficient (Wildman–Crippen LogP) is 3.15. The van der Waals surface area contributed by atoms with Gasteiger partial charge in [0.15, 0.2) is 0 Å². The van der Waals surface area contributed by atoms with Crippen LogP contribution in [0.1, 0.15) is 54.4 Å². The molecule has 16 heavy (non-hydrogen) atoms. The molecule has 0 radical (unpaired) electrons. The van der Waals surface area contributed by atoms with Crippen LogP contribution in [0.25, 0.3) is 0 Å². The monoisotopic (exact) mass is 229 g/mol. The van der Waals surface area contributed by atoms with Gasteiger partial charge in [-0.1, -0.05) is 41.5 Å². The van der Waals surface area contributed by atoms with Gasteiger partial charge in [0.05, 0.1) is 0 Å². The number of rotatable bonds is 8. The molecule has 0 rings (SSSR count). The van der Waals surface area contributed by atoms with Crippen molar-refractivity contribution >= 4 is 0 Å². The van der Waals surface area contributed by atoms with Crippen LogP contribution in [0.15, 0.2) is 0 Å². The van der Waals surface area contributed by atoms with Crippen LogP contribution in [-0.2, 0) is 0 Å². The molecule has 1 N–H and O–H groups in total. The Kier molecular flexibility index (Phi) is 7.25. The average molecular weight is 229 g/mol. The summed E-state index contributed by atoms with van der Waals surface area (Å²) in [6.45, 7) is 15.7. The van der Waals surface area contributed by atoms with Crippen molar-refractivity contribution in [2.45, 2.75) is 60.4 Å². The van der Waals surface area contributed by atoms with E-state index < -0.39 is 0 Å². The maximum atomic E-state index is 9.38. The van der Waals surface area contributed by atoms with E-state index in [9.17, 15) is 5.11 Å². The highest BCUT2D eigenvalue weighted by atomic mass is 16.3. The molecule has 0 spiro atoms. The highest BCUT2D eigenvalue weighted by Crippen LogP contribution is 2.21. The topological polar surface area (TPSA) is 23.5 Å². The first kappa shape index (κ1) is 15.9. The van der Waals surface area contributed by atoms with Crippen molar-refractivity contribution < 1.29 is 5.11 Å². The third-order valence-corrected chi connectivity index (χ3v) is 3.12. The summed E-state index contributed by atoms with van der Waals surface area (Å²) < 4.78 is 0. The first-order valence-electron chi connectivity index (χ1n) is 6.71. The average Bonchev–Trinajstić information content (AvgIpc) is 2.18. The molecule has 0 bridgehead atoms. The molecule has 0 amide bonds. The first-order valence-corrected chi connectivity index (χ1v) is 6.71. The van der Waals surface area contributed by atoms with E-state index in [2.05, 4.69) is 46.4 Å². The Balaban J connectivity index is 4.53. The molecular formula is C14H31NO. The van der Waals surface area contributed by atoms with E-state index in [4.69, 9.17) is 0 Å². The van der Waals surface area contributed by atoms with Gasteiger partial charge in [0.1, 0.15) is 0 Å². The van der Waals surface area contributed by atoms with Gasteiger partial charge in [-0.25, -0.2) is 0 Å². The van der Waals surface area contributed by atoms with Crippen molar-refractivity contribution in [1.29, 1.82) is 0 Å². The summed E-state index contributed by atoms with van der Waals surface area (Å²) in [6.07, 6.45) is 2.40. The molecule has 0 aliphatic heterocycles. The summed E-state index contributed by atoms with van der Waals surface area (Å²) in [5.41, 5.74) is 0.0114. The van der Waals surface area contributed by atoms with Gasteiger partial charge in [0.2, 0.25) is 0 Å². The zero-order chi connectivity index (χ0) is 12.8. The molecule has 0 atom stereocenters. The SMILES string of the molecule is CCC(CC)N(CC(C)C)CC(C)(C)CO. The van der Waals surface area contributed by atoms with E-state index in [1.807, 2.05) is 0 Å². The second kappa shape index (κ2) is 7.29. The Morgan fingerprint density at radius 3 is 1.94 bits per heavy atom. The van der Waals surface area contributed by atoms with Gasteiger partial charge in [-0.3, -0.25) is 4.90 Å². The lowest BCUT2D eigenvalue weighted by atomic mass is 9.92. The standard InChI is InChI=1S/C14H31NO/c1-7-13(8-2)15(9-12(3)4)10-14(5,6)11-16/h12-13,16H,7-11H2,1-6H3. The van der Waals surface area contributed by atoms with E-state index in [0.29, 0.717) is 12.0 Å². The minimum Gasteiger partial charge on any atom is -0.396 e. The highest BCUT2D eigenvalue weighted by molar-refractivity contribution is 4.78. The maximum Gasteiger partial charge on any atom is 0.0494 e. The molecule has 98 valence electrons. The van der Waals surface area contributed by atoms with Crippen LogP contribution in [0.5, 0.6) is 0 Å². The van der Waals surface area contributed by atoms with E-state index in [0.717, 1.165) is 13.1 Å². The molecular weight excluding hydrogens is 198 g/mol. The van der Waals surface area contributed by atoms with Gasteiger partial charge in [0, 0.05) is 31.2 Å². The largest absolute Gasteiger partial charge is 0.396 e. The van der Waals surface area contributed by atoms with Crippen molar-refractivity contribution in [1.82, 2.24) is 4.90 Å². The fourth-order valence-corrected chi connectivity index (χ4v) is 2.22. The Morgan fingerprint density at radius 1 is 1.12 bits per heavy atom. The summed E-state index contributed by atoms with van der Waals surface area (Å²) >= 11 is 0. The molecule has 0 aromatic rings. The van der Waals surface area contributed by atoms with E-state index in [-0.39, 0.29) is 12.0 Å². The second-order valence-electron chi connectivity index (χ2n) is 6.12. The fraction of sp³-hybridized carbons (Fsp3) is 1.00. The number of aliphatic hydroxyl groups excluding tert-OH is 1. The number of hydrogen-bond donors (Lipinski definition) is 1. The van der Waals surface area contributed by atoms with Gasteiger partial charge < -0.3 is 5.11 Å². The minimum atomic E-state index is 0.0114. The second-order valence-corrected chi connectivity index (χ2v) is 6.12. The van der Waals surface area contributed by atoms with Gasteiger partial charge >= 0.3 is 0 Å². The molecule has 0 aliphatic rings. The summed E-state index contributed by atoms with van der Waals surface area (Å²) in [5.74, 6) is 0.690. The minimum absolute atomic E-state index is 0.0114. The molecule has 2 heteroatoms. The Labute approximate surface area is 102 Å². The highest BCUT2D eigenvalue weighted by Gasteiger charge is 2.25. The quantitative estimate of drug-likeness (QED) is 0.691. The van der Waals surface area contributed by atoms with Crippen LogP contribution >= 0.6 is 0 Å². The molecule has 2 nitrogen and oxygen atoms in total. The van der Waals surface area contributed by atoms with Crippen molar-refractivity contribution in [3.63, 3.8) is 0 Å². The number of nitrogens with zero attached hydrogens (tertiary/aromatic N) is 1. The van der Waals surface area contributed by atoms with Crippen LogP contribution in [0.2, 0.25) is 0 Å². The van der Waals surface area contributed by atoms with Gasteiger partial charge in [-0.15, -0.1) is 0 Å². The van der Waals surface area contributed by atoms with Crippen molar-refractivity contribution in [3.8, 4) is 0 Å². The maximum absolute atomic E-state index is 9.38. The smallest absolute Gasteiger partial charge is 0.0494 e. The van der Waals surface area contributed by atoms with Gasteiger partial charge in [0.25, 0.3) is 0 Å². The molecule has 0 saturated heterocycles. The van der Waals surface area contributed by atoms with Crippen LogP contribution in [0.4, 0.5) is 0 Å². The summed E-state index contributed by atoms with van der Waals surface area (Å²) in [4.78, 5) is 2.56. The Morgan fingerprint density at radius 2 is 1.62 bits per heavy atom. The lowest BCUT2D eigenvalue weighted by molar-refractivity contribution is 0.0676. The van der Waals surface area contributed by atoms with E-state index >= 15 is 0 Å². The predicted molar refractivity (Wildman–Crippen MR) is 71.6 cm³/mol. The lowest BCUT2D eigenvalue weighted by Gasteiger charge is -2.37. The zero-order valence-electron chi connectivity index (χ0n) is 12.1. The molecule has 0 aromatic carbocycles. The normalized spacial score (nSPS) is 13.1. The van der Waals surface area contributed by atoms with E-state index in [1.165, 1.54) is 12.8 Å². The molecule has 0 aliphatic carbocycles. The first-order chi connectivity index (χ1) is 7.36. The van der Waals surface area contributed by atoms with E-state index in [1.54, 1.807) is 0 Å².